The van der Waals surface area contributed by atoms with Gasteiger partial charge in [0.1, 0.15) is 11.5 Å². The molecule has 0 bridgehead atoms. The third-order valence-corrected chi connectivity index (χ3v) is 2.25. The molecule has 0 aliphatic heterocycles. The maximum Gasteiger partial charge on any atom is 0.190 e. The predicted octanol–water partition coefficient (Wildman–Crippen LogP) is 1.91. The second kappa shape index (κ2) is 3.18. The topological polar surface area (TPSA) is 35.5 Å². The molecule has 0 aromatic heterocycles. The molecule has 3 nitrogen and oxygen atoms in total. The summed E-state index contributed by atoms with van der Waals surface area (Å²) >= 11 is 0. The molecular formula is C11H10O3. The van der Waals surface area contributed by atoms with E-state index in [4.69, 9.17) is 9.47 Å². The number of fused-ring (bicyclic) bond motifs is 1. The molecular weight excluding hydrogens is 180 g/mol. The van der Waals surface area contributed by atoms with Crippen LogP contribution in [0.15, 0.2) is 18.2 Å². The number of methoxy groups -OCH3 is 2. The van der Waals surface area contributed by atoms with E-state index in [-0.39, 0.29) is 5.78 Å². The van der Waals surface area contributed by atoms with Crippen LogP contribution in [0.2, 0.25) is 0 Å². The van der Waals surface area contributed by atoms with Crippen LogP contribution in [0.25, 0.3) is 6.08 Å². The molecule has 1 aliphatic carbocycles. The van der Waals surface area contributed by atoms with Gasteiger partial charge in [-0.25, -0.2) is 0 Å². The van der Waals surface area contributed by atoms with Crippen LogP contribution in [0, 0.1) is 0 Å². The van der Waals surface area contributed by atoms with E-state index in [0.29, 0.717) is 17.1 Å². The molecule has 14 heavy (non-hydrogen) atoms. The van der Waals surface area contributed by atoms with Crippen molar-refractivity contribution >= 4 is 11.9 Å². The van der Waals surface area contributed by atoms with Crippen molar-refractivity contribution in [3.63, 3.8) is 0 Å². The predicted molar refractivity (Wildman–Crippen MR) is 52.9 cm³/mol. The minimum Gasteiger partial charge on any atom is -0.496 e. The van der Waals surface area contributed by atoms with Gasteiger partial charge in [0.15, 0.2) is 5.78 Å². The molecule has 72 valence electrons. The van der Waals surface area contributed by atoms with Crippen molar-refractivity contribution in [3.8, 4) is 11.5 Å². The molecule has 1 aromatic rings. The van der Waals surface area contributed by atoms with Gasteiger partial charge in [-0.05, 0) is 24.3 Å². The average molecular weight is 190 g/mol. The minimum atomic E-state index is -0.0317. The van der Waals surface area contributed by atoms with Crippen molar-refractivity contribution in [2.75, 3.05) is 14.2 Å². The van der Waals surface area contributed by atoms with Gasteiger partial charge in [-0.1, -0.05) is 0 Å². The molecule has 1 aliphatic rings. The number of hydrogen-bond acceptors (Lipinski definition) is 3. The van der Waals surface area contributed by atoms with E-state index < -0.39 is 0 Å². The molecule has 0 unspecified atom stereocenters. The number of allylic oxidation sites excluding steroid dienone is 1. The summed E-state index contributed by atoms with van der Waals surface area (Å²) in [7, 11) is 3.13. The average Bonchev–Trinajstić information content (AvgIpc) is 2.60. The van der Waals surface area contributed by atoms with Crippen LogP contribution in [0.1, 0.15) is 15.9 Å². The second-order valence-electron chi connectivity index (χ2n) is 2.96. The zero-order valence-corrected chi connectivity index (χ0v) is 8.03. The van der Waals surface area contributed by atoms with Gasteiger partial charge in [0.05, 0.1) is 19.8 Å². The van der Waals surface area contributed by atoms with E-state index in [0.717, 1.165) is 5.56 Å². The van der Waals surface area contributed by atoms with E-state index in [9.17, 15) is 4.79 Å². The summed E-state index contributed by atoms with van der Waals surface area (Å²) in [5, 5.41) is 0. The highest BCUT2D eigenvalue weighted by Crippen LogP contribution is 2.35. The first-order valence-corrected chi connectivity index (χ1v) is 4.25. The summed E-state index contributed by atoms with van der Waals surface area (Å²) in [6.45, 7) is 0. The normalized spacial score (nSPS) is 12.9. The Hall–Kier alpha value is -1.77. The molecule has 0 fully saturated rings. The van der Waals surface area contributed by atoms with Crippen LogP contribution >= 0.6 is 0 Å². The molecule has 0 amide bonds. The Bertz CT molecular complexity index is 419. The Morgan fingerprint density at radius 2 is 1.64 bits per heavy atom. The maximum atomic E-state index is 11.5. The summed E-state index contributed by atoms with van der Waals surface area (Å²) in [6.07, 6.45) is 3.27. The number of ketones is 1. The Balaban J connectivity index is 2.67. The van der Waals surface area contributed by atoms with E-state index in [1.807, 2.05) is 0 Å². The lowest BCUT2D eigenvalue weighted by molar-refractivity contribution is 0.104. The highest BCUT2D eigenvalue weighted by Gasteiger charge is 2.22. The smallest absolute Gasteiger partial charge is 0.190 e. The molecule has 0 saturated heterocycles. The van der Waals surface area contributed by atoms with Crippen LogP contribution < -0.4 is 9.47 Å². The first-order valence-electron chi connectivity index (χ1n) is 4.25. The zero-order valence-electron chi connectivity index (χ0n) is 8.03. The van der Waals surface area contributed by atoms with Crippen LogP contribution in [0.3, 0.4) is 0 Å². The fourth-order valence-corrected chi connectivity index (χ4v) is 1.59. The fourth-order valence-electron chi connectivity index (χ4n) is 1.59. The van der Waals surface area contributed by atoms with Crippen molar-refractivity contribution in [1.29, 1.82) is 0 Å². The Morgan fingerprint density at radius 1 is 1.00 bits per heavy atom. The number of rotatable bonds is 2. The largest absolute Gasteiger partial charge is 0.496 e. The van der Waals surface area contributed by atoms with Gasteiger partial charge >= 0.3 is 0 Å². The van der Waals surface area contributed by atoms with Gasteiger partial charge < -0.3 is 9.47 Å². The van der Waals surface area contributed by atoms with Crippen molar-refractivity contribution in [1.82, 2.24) is 0 Å². The molecule has 0 radical (unpaired) electrons. The van der Waals surface area contributed by atoms with E-state index in [1.165, 1.54) is 6.08 Å². The van der Waals surface area contributed by atoms with Crippen molar-refractivity contribution in [3.05, 3.63) is 29.3 Å². The number of hydrogen-bond donors (Lipinski definition) is 0. The standard InChI is InChI=1S/C11H10O3/c1-13-9-5-6-10(14-2)11-7(9)3-4-8(11)12/h3-6H,1-2H3. The first kappa shape index (κ1) is 8.81. The molecule has 0 atom stereocenters. The van der Waals surface area contributed by atoms with E-state index in [2.05, 4.69) is 0 Å². The van der Waals surface area contributed by atoms with Crippen molar-refractivity contribution in [2.24, 2.45) is 0 Å². The minimum absolute atomic E-state index is 0.0317. The molecule has 0 spiro atoms. The van der Waals surface area contributed by atoms with Gasteiger partial charge in [-0.3, -0.25) is 4.79 Å². The van der Waals surface area contributed by atoms with E-state index >= 15 is 0 Å². The summed E-state index contributed by atoms with van der Waals surface area (Å²) in [5.41, 5.74) is 1.39. The highest BCUT2D eigenvalue weighted by molar-refractivity contribution is 6.16. The summed E-state index contributed by atoms with van der Waals surface area (Å²) in [5.74, 6) is 1.26. The quantitative estimate of drug-likeness (QED) is 0.714. The molecule has 1 aromatic carbocycles. The fraction of sp³-hybridized carbons (Fsp3) is 0.182. The zero-order chi connectivity index (χ0) is 10.1. The Morgan fingerprint density at radius 3 is 2.29 bits per heavy atom. The third kappa shape index (κ3) is 1.09. The lowest BCUT2D eigenvalue weighted by atomic mass is 10.1. The van der Waals surface area contributed by atoms with Crippen LogP contribution in [-0.4, -0.2) is 20.0 Å². The van der Waals surface area contributed by atoms with Gasteiger partial charge in [0.25, 0.3) is 0 Å². The lowest BCUT2D eigenvalue weighted by Gasteiger charge is -2.09. The van der Waals surface area contributed by atoms with Crippen LogP contribution in [-0.2, 0) is 0 Å². The lowest BCUT2D eigenvalue weighted by Crippen LogP contribution is -1.99. The monoisotopic (exact) mass is 190 g/mol. The highest BCUT2D eigenvalue weighted by atomic mass is 16.5. The summed E-state index contributed by atoms with van der Waals surface area (Å²) < 4.78 is 10.3. The first-order chi connectivity index (χ1) is 6.77. The van der Waals surface area contributed by atoms with Crippen LogP contribution in [0.4, 0.5) is 0 Å². The summed E-state index contributed by atoms with van der Waals surface area (Å²) in [6, 6.07) is 3.53. The second-order valence-corrected chi connectivity index (χ2v) is 2.96. The van der Waals surface area contributed by atoms with Crippen LogP contribution in [0.5, 0.6) is 11.5 Å². The van der Waals surface area contributed by atoms with Crippen molar-refractivity contribution < 1.29 is 14.3 Å². The third-order valence-electron chi connectivity index (χ3n) is 2.25. The van der Waals surface area contributed by atoms with Gasteiger partial charge in [-0.2, -0.15) is 0 Å². The number of ether oxygens (including phenoxy) is 2. The van der Waals surface area contributed by atoms with Gasteiger partial charge in [-0.15, -0.1) is 0 Å². The molecule has 3 heteroatoms. The SMILES string of the molecule is COc1ccc(OC)c2c1C=CC2=O. The summed E-state index contributed by atoms with van der Waals surface area (Å²) in [4.78, 5) is 11.5. The number of carbonyl (C=O) groups is 1. The number of carbonyl (C=O) groups excluding carboxylic acids is 1. The maximum absolute atomic E-state index is 11.5. The molecule has 2 rings (SSSR count). The Labute approximate surface area is 81.9 Å². The van der Waals surface area contributed by atoms with Crippen molar-refractivity contribution in [2.45, 2.75) is 0 Å². The van der Waals surface area contributed by atoms with Gasteiger partial charge in [0, 0.05) is 5.56 Å². The van der Waals surface area contributed by atoms with Gasteiger partial charge in [0.2, 0.25) is 0 Å². The molecule has 0 saturated carbocycles. The Kier molecular flexibility index (Phi) is 2.00. The van der Waals surface area contributed by atoms with E-state index in [1.54, 1.807) is 32.4 Å². The molecule has 0 N–H and O–H groups in total. The number of benzene rings is 1. The molecule has 0 heterocycles.